The van der Waals surface area contributed by atoms with Crippen molar-refractivity contribution in [2.75, 3.05) is 11.9 Å². The van der Waals surface area contributed by atoms with Gasteiger partial charge in [-0.05, 0) is 73.4 Å². The molecule has 0 aromatic heterocycles. The molecule has 0 aliphatic rings. The fourth-order valence-corrected chi connectivity index (χ4v) is 3.06. The van der Waals surface area contributed by atoms with E-state index < -0.39 is 4.92 Å². The molecule has 0 aliphatic heterocycles. The van der Waals surface area contributed by atoms with Gasteiger partial charge in [-0.2, -0.15) is 0 Å². The Balaban J connectivity index is 1.68. The van der Waals surface area contributed by atoms with Crippen LogP contribution in [0.4, 0.5) is 11.4 Å². The lowest BCUT2D eigenvalue weighted by Gasteiger charge is -2.15. The number of benzene rings is 3. The number of nitro benzene ring substituents is 1. The highest BCUT2D eigenvalue weighted by atomic mass is 16.6. The summed E-state index contributed by atoms with van der Waals surface area (Å²) in [7, 11) is 0. The largest absolute Gasteiger partial charge is 0.490 e. The molecule has 3 aromatic carbocycles. The highest BCUT2D eigenvalue weighted by molar-refractivity contribution is 5.54. The second-order valence-corrected chi connectivity index (χ2v) is 7.03. The number of nitro groups is 1. The van der Waals surface area contributed by atoms with Crippen LogP contribution in [0.25, 0.3) is 0 Å². The SMILES string of the molecule is CCOc1cc(CNc2cccc(C)c2C)ccc1OCc1ccc([N+](=O)[O-])cc1. The van der Waals surface area contributed by atoms with Gasteiger partial charge in [0.15, 0.2) is 11.5 Å². The van der Waals surface area contributed by atoms with Crippen LogP contribution in [0, 0.1) is 24.0 Å². The zero-order valence-corrected chi connectivity index (χ0v) is 17.5. The van der Waals surface area contributed by atoms with Gasteiger partial charge in [0.05, 0.1) is 11.5 Å². The third-order valence-electron chi connectivity index (χ3n) is 4.94. The van der Waals surface area contributed by atoms with Crippen molar-refractivity contribution in [3.05, 3.63) is 93.0 Å². The average molecular weight is 406 g/mol. The molecule has 0 atom stereocenters. The number of aryl methyl sites for hydroxylation is 1. The van der Waals surface area contributed by atoms with Crippen LogP contribution in [0.1, 0.15) is 29.2 Å². The zero-order valence-electron chi connectivity index (χ0n) is 17.5. The molecule has 3 rings (SSSR count). The Hall–Kier alpha value is -3.54. The number of anilines is 1. The second-order valence-electron chi connectivity index (χ2n) is 7.03. The quantitative estimate of drug-likeness (QED) is 0.359. The van der Waals surface area contributed by atoms with Crippen LogP contribution in [0.15, 0.2) is 60.7 Å². The van der Waals surface area contributed by atoms with Gasteiger partial charge in [-0.1, -0.05) is 18.2 Å². The average Bonchev–Trinajstić information content (AvgIpc) is 2.74. The van der Waals surface area contributed by atoms with E-state index in [1.165, 1.54) is 23.3 Å². The van der Waals surface area contributed by atoms with Crippen molar-refractivity contribution in [2.45, 2.75) is 33.9 Å². The number of hydrogen-bond acceptors (Lipinski definition) is 5. The Bertz CT molecular complexity index is 1020. The Kier molecular flexibility index (Phi) is 6.91. The van der Waals surface area contributed by atoms with Gasteiger partial charge in [-0.25, -0.2) is 0 Å². The first-order valence-corrected chi connectivity index (χ1v) is 9.90. The van der Waals surface area contributed by atoms with Gasteiger partial charge in [-0.15, -0.1) is 0 Å². The van der Waals surface area contributed by atoms with Gasteiger partial charge in [-0.3, -0.25) is 10.1 Å². The van der Waals surface area contributed by atoms with Gasteiger partial charge < -0.3 is 14.8 Å². The van der Waals surface area contributed by atoms with Crippen LogP contribution in [0.5, 0.6) is 11.5 Å². The van der Waals surface area contributed by atoms with Crippen LogP contribution < -0.4 is 14.8 Å². The van der Waals surface area contributed by atoms with Crippen LogP contribution >= 0.6 is 0 Å². The lowest BCUT2D eigenvalue weighted by molar-refractivity contribution is -0.384. The topological polar surface area (TPSA) is 73.6 Å². The van der Waals surface area contributed by atoms with Crippen molar-refractivity contribution in [1.82, 2.24) is 0 Å². The minimum Gasteiger partial charge on any atom is -0.490 e. The molecule has 1 N–H and O–H groups in total. The number of ether oxygens (including phenoxy) is 2. The molecule has 0 aliphatic carbocycles. The van der Waals surface area contributed by atoms with Crippen LogP contribution in [-0.2, 0) is 13.2 Å². The smallest absolute Gasteiger partial charge is 0.269 e. The van der Waals surface area contributed by atoms with Crippen molar-refractivity contribution >= 4 is 11.4 Å². The van der Waals surface area contributed by atoms with E-state index in [9.17, 15) is 10.1 Å². The number of hydrogen-bond donors (Lipinski definition) is 1. The normalized spacial score (nSPS) is 10.5. The third kappa shape index (κ3) is 5.29. The van der Waals surface area contributed by atoms with Gasteiger partial charge >= 0.3 is 0 Å². The maximum atomic E-state index is 10.8. The van der Waals surface area contributed by atoms with Gasteiger partial charge in [0.25, 0.3) is 5.69 Å². The van der Waals surface area contributed by atoms with Crippen molar-refractivity contribution in [1.29, 1.82) is 0 Å². The second kappa shape index (κ2) is 9.78. The Morgan fingerprint density at radius 1 is 0.933 bits per heavy atom. The van der Waals surface area contributed by atoms with Crippen molar-refractivity contribution in [3.63, 3.8) is 0 Å². The molecule has 0 fully saturated rings. The van der Waals surface area contributed by atoms with E-state index in [-0.39, 0.29) is 5.69 Å². The first kappa shape index (κ1) is 21.2. The van der Waals surface area contributed by atoms with E-state index in [1.54, 1.807) is 12.1 Å². The molecule has 0 bridgehead atoms. The number of nitrogens with one attached hydrogen (secondary N) is 1. The van der Waals surface area contributed by atoms with E-state index in [1.807, 2.05) is 31.2 Å². The Morgan fingerprint density at radius 2 is 1.67 bits per heavy atom. The molecule has 156 valence electrons. The summed E-state index contributed by atoms with van der Waals surface area (Å²) in [6, 6.07) is 18.5. The summed E-state index contributed by atoms with van der Waals surface area (Å²) in [5.74, 6) is 1.32. The van der Waals surface area contributed by atoms with Gasteiger partial charge in [0.2, 0.25) is 0 Å². The van der Waals surface area contributed by atoms with E-state index in [2.05, 4.69) is 31.3 Å². The summed E-state index contributed by atoms with van der Waals surface area (Å²) in [5, 5.41) is 14.3. The Morgan fingerprint density at radius 3 is 2.37 bits per heavy atom. The molecule has 0 saturated carbocycles. The van der Waals surface area contributed by atoms with Crippen molar-refractivity contribution in [3.8, 4) is 11.5 Å². The number of non-ortho nitro benzene ring substituents is 1. The summed E-state index contributed by atoms with van der Waals surface area (Å²) in [6.07, 6.45) is 0. The third-order valence-corrected chi connectivity index (χ3v) is 4.94. The molecular formula is C24H26N2O4. The predicted molar refractivity (Wildman–Crippen MR) is 118 cm³/mol. The summed E-state index contributed by atoms with van der Waals surface area (Å²) in [5.41, 5.74) is 5.61. The van der Waals surface area contributed by atoms with Gasteiger partial charge in [0, 0.05) is 24.4 Å². The van der Waals surface area contributed by atoms with E-state index in [0.29, 0.717) is 31.3 Å². The minimum absolute atomic E-state index is 0.0643. The maximum Gasteiger partial charge on any atom is 0.269 e. The summed E-state index contributed by atoms with van der Waals surface area (Å²) < 4.78 is 11.7. The molecule has 0 unspecified atom stereocenters. The fourth-order valence-electron chi connectivity index (χ4n) is 3.06. The van der Waals surface area contributed by atoms with Crippen LogP contribution in [0.3, 0.4) is 0 Å². The lowest BCUT2D eigenvalue weighted by atomic mass is 10.1. The predicted octanol–water partition coefficient (Wildman–Crippen LogP) is 5.80. The van der Waals surface area contributed by atoms with Crippen LogP contribution in [0.2, 0.25) is 0 Å². The van der Waals surface area contributed by atoms with Gasteiger partial charge in [0.1, 0.15) is 6.61 Å². The molecule has 0 radical (unpaired) electrons. The summed E-state index contributed by atoms with van der Waals surface area (Å²) in [4.78, 5) is 10.4. The number of nitrogens with zero attached hydrogens (tertiary/aromatic N) is 1. The minimum atomic E-state index is -0.414. The fraction of sp³-hybridized carbons (Fsp3) is 0.250. The highest BCUT2D eigenvalue weighted by Crippen LogP contribution is 2.30. The molecule has 0 amide bonds. The molecule has 6 heteroatoms. The van der Waals surface area contributed by atoms with Crippen molar-refractivity contribution in [2.24, 2.45) is 0 Å². The summed E-state index contributed by atoms with van der Waals surface area (Å²) >= 11 is 0. The number of rotatable bonds is 9. The molecule has 30 heavy (non-hydrogen) atoms. The van der Waals surface area contributed by atoms with Crippen LogP contribution in [-0.4, -0.2) is 11.5 Å². The monoisotopic (exact) mass is 406 g/mol. The molecule has 0 saturated heterocycles. The summed E-state index contributed by atoms with van der Waals surface area (Å²) in [6.45, 7) is 7.65. The maximum absolute atomic E-state index is 10.8. The van der Waals surface area contributed by atoms with E-state index >= 15 is 0 Å². The Labute approximate surface area is 176 Å². The molecule has 3 aromatic rings. The highest BCUT2D eigenvalue weighted by Gasteiger charge is 2.09. The van der Waals surface area contributed by atoms with Crippen molar-refractivity contribution < 1.29 is 14.4 Å². The molecule has 0 heterocycles. The standard InChI is InChI=1S/C24H26N2O4/c1-4-29-24-14-20(15-25-22-7-5-6-17(2)18(22)3)10-13-23(24)30-16-19-8-11-21(12-9-19)26(27)28/h5-14,25H,4,15-16H2,1-3H3. The molecule has 6 nitrogen and oxygen atoms in total. The zero-order chi connectivity index (χ0) is 21.5. The first-order chi connectivity index (χ1) is 14.5. The first-order valence-electron chi connectivity index (χ1n) is 9.90. The lowest BCUT2D eigenvalue weighted by Crippen LogP contribution is -2.04. The van der Waals surface area contributed by atoms with E-state index in [4.69, 9.17) is 9.47 Å². The molecular weight excluding hydrogens is 380 g/mol. The molecule has 0 spiro atoms. The van der Waals surface area contributed by atoms with E-state index in [0.717, 1.165) is 16.8 Å².